The molecular formula is C8H19ClN2O2. The normalized spacial score (nSPS) is 9.08. The molecule has 5 heteroatoms. The second kappa shape index (κ2) is 11.7. The van der Waals surface area contributed by atoms with Crippen LogP contribution in [0.15, 0.2) is 0 Å². The zero-order valence-corrected chi connectivity index (χ0v) is 9.08. The molecule has 0 aromatic heterocycles. The lowest BCUT2D eigenvalue weighted by atomic mass is 10.4. The lowest BCUT2D eigenvalue weighted by Crippen LogP contribution is -2.33. The van der Waals surface area contributed by atoms with E-state index in [1.165, 1.54) is 0 Å². The van der Waals surface area contributed by atoms with Crippen molar-refractivity contribution >= 4 is 18.3 Å². The van der Waals surface area contributed by atoms with E-state index in [1.807, 2.05) is 6.92 Å². The number of carbonyl (C=O) groups is 1. The maximum absolute atomic E-state index is 10.9. The van der Waals surface area contributed by atoms with Crippen LogP contribution in [0.1, 0.15) is 13.3 Å². The molecule has 0 aliphatic carbocycles. The average Bonchev–Trinajstić information content (AvgIpc) is 2.05. The van der Waals surface area contributed by atoms with E-state index in [9.17, 15) is 4.79 Å². The van der Waals surface area contributed by atoms with Crippen LogP contribution in [0.4, 0.5) is 0 Å². The highest BCUT2D eigenvalue weighted by Gasteiger charge is 1.96. The van der Waals surface area contributed by atoms with E-state index in [0.717, 1.165) is 19.6 Å². The molecule has 0 aliphatic heterocycles. The van der Waals surface area contributed by atoms with Gasteiger partial charge < -0.3 is 15.4 Å². The van der Waals surface area contributed by atoms with Gasteiger partial charge in [0.05, 0.1) is 6.54 Å². The number of hydrogen-bond acceptors (Lipinski definition) is 3. The summed E-state index contributed by atoms with van der Waals surface area (Å²) in [6.45, 7) is 4.50. The number of ether oxygens (including phenoxy) is 1. The average molecular weight is 211 g/mol. The molecular weight excluding hydrogens is 192 g/mol. The quantitative estimate of drug-likeness (QED) is 0.589. The van der Waals surface area contributed by atoms with Gasteiger partial charge in [0.25, 0.3) is 0 Å². The molecule has 0 atom stereocenters. The standard InChI is InChI=1S/C8H18N2O2.ClH/c1-3-12-6-4-5-10-8(11)7-9-2;/h9H,3-7H2,1-2H3,(H,10,11);1H. The number of halogens is 1. The van der Waals surface area contributed by atoms with Gasteiger partial charge in [0.1, 0.15) is 0 Å². The van der Waals surface area contributed by atoms with E-state index in [-0.39, 0.29) is 18.3 Å². The summed E-state index contributed by atoms with van der Waals surface area (Å²) in [6.07, 6.45) is 0.878. The maximum Gasteiger partial charge on any atom is 0.233 e. The van der Waals surface area contributed by atoms with E-state index in [1.54, 1.807) is 7.05 Å². The highest BCUT2D eigenvalue weighted by molar-refractivity contribution is 5.85. The van der Waals surface area contributed by atoms with Gasteiger partial charge in [-0.2, -0.15) is 0 Å². The Balaban J connectivity index is 0. The lowest BCUT2D eigenvalue weighted by Gasteiger charge is -2.04. The van der Waals surface area contributed by atoms with Gasteiger partial charge in [0.15, 0.2) is 0 Å². The van der Waals surface area contributed by atoms with Gasteiger partial charge in [-0.25, -0.2) is 0 Å². The smallest absolute Gasteiger partial charge is 0.233 e. The summed E-state index contributed by atoms with van der Waals surface area (Å²) >= 11 is 0. The molecule has 4 nitrogen and oxygen atoms in total. The highest BCUT2D eigenvalue weighted by Crippen LogP contribution is 1.79. The van der Waals surface area contributed by atoms with Gasteiger partial charge in [-0.15, -0.1) is 12.4 Å². The van der Waals surface area contributed by atoms with Crippen molar-refractivity contribution in [1.29, 1.82) is 0 Å². The van der Waals surface area contributed by atoms with Gasteiger partial charge in [-0.05, 0) is 20.4 Å². The lowest BCUT2D eigenvalue weighted by molar-refractivity contribution is -0.120. The summed E-state index contributed by atoms with van der Waals surface area (Å²) in [5, 5.41) is 5.54. The number of nitrogens with one attached hydrogen (secondary N) is 2. The van der Waals surface area contributed by atoms with Crippen molar-refractivity contribution in [2.75, 3.05) is 33.4 Å². The topological polar surface area (TPSA) is 50.4 Å². The molecule has 0 saturated heterocycles. The van der Waals surface area contributed by atoms with Crippen molar-refractivity contribution in [1.82, 2.24) is 10.6 Å². The van der Waals surface area contributed by atoms with Crippen LogP contribution < -0.4 is 10.6 Å². The fraction of sp³-hybridized carbons (Fsp3) is 0.875. The third-order valence-electron chi connectivity index (χ3n) is 1.33. The summed E-state index contributed by atoms with van der Waals surface area (Å²) in [5.41, 5.74) is 0. The number of carbonyl (C=O) groups excluding carboxylic acids is 1. The Morgan fingerprint density at radius 2 is 2.15 bits per heavy atom. The van der Waals surface area contributed by atoms with Crippen LogP contribution in [-0.4, -0.2) is 39.3 Å². The first kappa shape index (κ1) is 15.2. The van der Waals surface area contributed by atoms with Crippen LogP contribution in [0.2, 0.25) is 0 Å². The van der Waals surface area contributed by atoms with Crippen molar-refractivity contribution in [3.8, 4) is 0 Å². The summed E-state index contributed by atoms with van der Waals surface area (Å²) in [5.74, 6) is 0.0361. The first-order valence-corrected chi connectivity index (χ1v) is 4.30. The van der Waals surface area contributed by atoms with Crippen molar-refractivity contribution in [2.24, 2.45) is 0 Å². The highest BCUT2D eigenvalue weighted by atomic mass is 35.5. The van der Waals surface area contributed by atoms with Crippen LogP contribution in [0.25, 0.3) is 0 Å². The molecule has 0 aliphatic rings. The summed E-state index contributed by atoms with van der Waals surface area (Å²) in [6, 6.07) is 0. The molecule has 0 bridgehead atoms. The van der Waals surface area contributed by atoms with Gasteiger partial charge in [-0.1, -0.05) is 0 Å². The summed E-state index contributed by atoms with van der Waals surface area (Å²) in [7, 11) is 1.75. The minimum atomic E-state index is 0. The Morgan fingerprint density at radius 3 is 2.69 bits per heavy atom. The maximum atomic E-state index is 10.9. The zero-order chi connectivity index (χ0) is 9.23. The van der Waals surface area contributed by atoms with E-state index < -0.39 is 0 Å². The minimum absolute atomic E-state index is 0. The summed E-state index contributed by atoms with van der Waals surface area (Å²) in [4.78, 5) is 10.9. The molecule has 0 aromatic carbocycles. The van der Waals surface area contributed by atoms with Crippen LogP contribution in [0, 0.1) is 0 Å². The molecule has 0 rings (SSSR count). The number of hydrogen-bond donors (Lipinski definition) is 2. The van der Waals surface area contributed by atoms with Crippen LogP contribution in [0.3, 0.4) is 0 Å². The SMILES string of the molecule is CCOCCCNC(=O)CNC.Cl. The molecule has 80 valence electrons. The van der Waals surface area contributed by atoms with E-state index in [0.29, 0.717) is 13.1 Å². The molecule has 0 saturated carbocycles. The van der Waals surface area contributed by atoms with Crippen LogP contribution >= 0.6 is 12.4 Å². The Morgan fingerprint density at radius 1 is 1.46 bits per heavy atom. The van der Waals surface area contributed by atoms with Gasteiger partial charge in [0, 0.05) is 19.8 Å². The molecule has 0 radical (unpaired) electrons. The van der Waals surface area contributed by atoms with Crippen molar-refractivity contribution in [3.05, 3.63) is 0 Å². The van der Waals surface area contributed by atoms with Gasteiger partial charge in [-0.3, -0.25) is 4.79 Å². The summed E-state index contributed by atoms with van der Waals surface area (Å²) < 4.78 is 5.11. The van der Waals surface area contributed by atoms with E-state index in [4.69, 9.17) is 4.74 Å². The van der Waals surface area contributed by atoms with E-state index in [2.05, 4.69) is 10.6 Å². The monoisotopic (exact) mass is 210 g/mol. The zero-order valence-electron chi connectivity index (χ0n) is 8.26. The molecule has 0 unspecified atom stereocenters. The molecule has 0 heterocycles. The molecule has 2 N–H and O–H groups in total. The largest absolute Gasteiger partial charge is 0.382 e. The molecule has 0 fully saturated rings. The molecule has 1 amide bonds. The molecule has 0 spiro atoms. The second-order valence-electron chi connectivity index (χ2n) is 2.43. The minimum Gasteiger partial charge on any atom is -0.382 e. The predicted molar refractivity (Wildman–Crippen MR) is 55.3 cm³/mol. The van der Waals surface area contributed by atoms with Crippen LogP contribution in [-0.2, 0) is 9.53 Å². The van der Waals surface area contributed by atoms with Crippen LogP contribution in [0.5, 0.6) is 0 Å². The second-order valence-corrected chi connectivity index (χ2v) is 2.43. The van der Waals surface area contributed by atoms with Crippen molar-refractivity contribution < 1.29 is 9.53 Å². The molecule has 0 aromatic rings. The third-order valence-corrected chi connectivity index (χ3v) is 1.33. The Bertz CT molecular complexity index is 123. The Hall–Kier alpha value is -0.320. The Labute approximate surface area is 85.8 Å². The van der Waals surface area contributed by atoms with Gasteiger partial charge >= 0.3 is 0 Å². The first-order valence-electron chi connectivity index (χ1n) is 4.30. The predicted octanol–water partition coefficient (Wildman–Crippen LogP) is 0.170. The van der Waals surface area contributed by atoms with E-state index >= 15 is 0 Å². The van der Waals surface area contributed by atoms with Gasteiger partial charge in [0.2, 0.25) is 5.91 Å². The Kier molecular flexibility index (Phi) is 13.6. The first-order chi connectivity index (χ1) is 5.81. The fourth-order valence-electron chi connectivity index (χ4n) is 0.769. The number of rotatable bonds is 7. The molecule has 13 heavy (non-hydrogen) atoms. The number of likely N-dealkylation sites (N-methyl/N-ethyl adjacent to an activating group) is 1. The van der Waals surface area contributed by atoms with Crippen molar-refractivity contribution in [3.63, 3.8) is 0 Å². The third kappa shape index (κ3) is 11.7. The fourth-order valence-corrected chi connectivity index (χ4v) is 0.769. The van der Waals surface area contributed by atoms with Crippen molar-refractivity contribution in [2.45, 2.75) is 13.3 Å². The number of amides is 1.